The number of nitrogens with one attached hydrogen (secondary N) is 1. The van der Waals surface area contributed by atoms with E-state index < -0.39 is 5.97 Å². The molecule has 1 fully saturated rings. The second-order valence-electron chi connectivity index (χ2n) is 5.72. The third-order valence-electron chi connectivity index (χ3n) is 4.33. The van der Waals surface area contributed by atoms with Crippen LogP contribution in [0.4, 0.5) is 5.69 Å². The predicted molar refractivity (Wildman–Crippen MR) is 78.1 cm³/mol. The second-order valence-corrected chi connectivity index (χ2v) is 6.74. The molecule has 3 rings (SSSR count). The van der Waals surface area contributed by atoms with Gasteiger partial charge < -0.3 is 10.4 Å². The lowest BCUT2D eigenvalue weighted by molar-refractivity contribution is 0.0697. The van der Waals surface area contributed by atoms with Gasteiger partial charge in [-0.25, -0.2) is 4.79 Å². The number of carboxylic acids is 1. The van der Waals surface area contributed by atoms with Crippen molar-refractivity contribution in [1.29, 1.82) is 0 Å². The van der Waals surface area contributed by atoms with Gasteiger partial charge in [0, 0.05) is 22.9 Å². The van der Waals surface area contributed by atoms with Crippen LogP contribution in [0, 0.1) is 5.41 Å². The highest BCUT2D eigenvalue weighted by Crippen LogP contribution is 2.44. The summed E-state index contributed by atoms with van der Waals surface area (Å²) < 4.78 is 0. The number of fused-ring (bicyclic) bond motifs is 1. The van der Waals surface area contributed by atoms with Crippen molar-refractivity contribution in [3.8, 4) is 0 Å². The molecule has 1 aromatic carbocycles. The highest BCUT2D eigenvalue weighted by Gasteiger charge is 2.34. The van der Waals surface area contributed by atoms with Gasteiger partial charge in [-0.15, -0.1) is 11.8 Å². The van der Waals surface area contributed by atoms with Gasteiger partial charge in [0.15, 0.2) is 0 Å². The number of carbonyl (C=O) groups is 1. The molecule has 1 aromatic rings. The van der Waals surface area contributed by atoms with E-state index in [0.29, 0.717) is 11.0 Å². The molecule has 0 unspecified atom stereocenters. The van der Waals surface area contributed by atoms with Crippen LogP contribution in [0.5, 0.6) is 0 Å². The fourth-order valence-electron chi connectivity index (χ4n) is 3.11. The first-order valence-corrected chi connectivity index (χ1v) is 7.91. The maximum Gasteiger partial charge on any atom is 0.335 e. The summed E-state index contributed by atoms with van der Waals surface area (Å²) in [7, 11) is 0. The highest BCUT2D eigenvalue weighted by molar-refractivity contribution is 7.99. The molecule has 1 aliphatic carbocycles. The molecule has 2 N–H and O–H groups in total. The van der Waals surface area contributed by atoms with Crippen LogP contribution in [-0.2, 0) is 0 Å². The minimum absolute atomic E-state index is 0.367. The van der Waals surface area contributed by atoms with E-state index in [1.54, 1.807) is 12.1 Å². The van der Waals surface area contributed by atoms with Crippen molar-refractivity contribution in [3.05, 3.63) is 23.8 Å². The Kier molecular flexibility index (Phi) is 3.44. The van der Waals surface area contributed by atoms with Crippen molar-refractivity contribution in [2.45, 2.75) is 37.0 Å². The van der Waals surface area contributed by atoms with Crippen LogP contribution < -0.4 is 5.32 Å². The highest BCUT2D eigenvalue weighted by atomic mass is 32.2. The molecule has 3 nitrogen and oxygen atoms in total. The van der Waals surface area contributed by atoms with Crippen molar-refractivity contribution in [1.82, 2.24) is 0 Å². The Morgan fingerprint density at radius 1 is 1.26 bits per heavy atom. The van der Waals surface area contributed by atoms with Crippen molar-refractivity contribution in [3.63, 3.8) is 0 Å². The fourth-order valence-corrected chi connectivity index (χ4v) is 4.42. The molecule has 0 amide bonds. The average molecular weight is 277 g/mol. The molecular weight excluding hydrogens is 258 g/mol. The number of thioether (sulfide) groups is 1. The first-order chi connectivity index (χ1) is 9.19. The summed E-state index contributed by atoms with van der Waals surface area (Å²) in [5.74, 6) is 0.297. The Balaban J connectivity index is 1.83. The van der Waals surface area contributed by atoms with E-state index >= 15 is 0 Å². The van der Waals surface area contributed by atoms with Gasteiger partial charge in [-0.1, -0.05) is 19.3 Å². The Hall–Kier alpha value is -1.16. The molecule has 102 valence electrons. The zero-order valence-electron chi connectivity index (χ0n) is 10.9. The van der Waals surface area contributed by atoms with Gasteiger partial charge in [0.25, 0.3) is 0 Å². The quantitative estimate of drug-likeness (QED) is 0.818. The van der Waals surface area contributed by atoms with Gasteiger partial charge in [-0.05, 0) is 36.5 Å². The molecule has 0 saturated heterocycles. The monoisotopic (exact) mass is 277 g/mol. The van der Waals surface area contributed by atoms with Gasteiger partial charge in [-0.3, -0.25) is 0 Å². The van der Waals surface area contributed by atoms with Gasteiger partial charge in [0.2, 0.25) is 0 Å². The van der Waals surface area contributed by atoms with Crippen LogP contribution in [-0.4, -0.2) is 23.4 Å². The van der Waals surface area contributed by atoms with Gasteiger partial charge in [-0.2, -0.15) is 0 Å². The van der Waals surface area contributed by atoms with Gasteiger partial charge in [0.05, 0.1) is 5.56 Å². The number of carboxylic acid groups (broad SMARTS) is 1. The van der Waals surface area contributed by atoms with Crippen LogP contribution in [0.1, 0.15) is 42.5 Å². The lowest BCUT2D eigenvalue weighted by atomic mass is 9.75. The molecule has 2 aliphatic rings. The largest absolute Gasteiger partial charge is 0.478 e. The van der Waals surface area contributed by atoms with E-state index in [1.807, 2.05) is 17.8 Å². The van der Waals surface area contributed by atoms with Crippen LogP contribution in [0.25, 0.3) is 0 Å². The van der Waals surface area contributed by atoms with Crippen molar-refractivity contribution in [2.24, 2.45) is 5.41 Å². The predicted octanol–water partition coefficient (Wildman–Crippen LogP) is 3.85. The molecule has 0 aromatic heterocycles. The molecule has 1 saturated carbocycles. The average Bonchev–Trinajstić information content (AvgIpc) is 2.60. The summed E-state index contributed by atoms with van der Waals surface area (Å²) >= 11 is 1.88. The molecule has 1 heterocycles. The Labute approximate surface area is 117 Å². The third kappa shape index (κ3) is 2.59. The standard InChI is InChI=1S/C15H19NO2S/c17-14(18)11-4-5-13-12(8-11)16-9-15(10-19-13)6-2-1-3-7-15/h4-5,8,16H,1-3,6-7,9-10H2,(H,17,18). The van der Waals surface area contributed by atoms with Gasteiger partial charge >= 0.3 is 5.97 Å². The fraction of sp³-hybridized carbons (Fsp3) is 0.533. The first kappa shape index (κ1) is 12.9. The van der Waals surface area contributed by atoms with E-state index in [1.165, 1.54) is 37.0 Å². The smallest absolute Gasteiger partial charge is 0.335 e. The summed E-state index contributed by atoms with van der Waals surface area (Å²) in [5.41, 5.74) is 1.77. The molecule has 0 atom stereocenters. The van der Waals surface area contributed by atoms with Crippen LogP contribution in [0.15, 0.2) is 23.1 Å². The van der Waals surface area contributed by atoms with E-state index in [0.717, 1.165) is 18.0 Å². The van der Waals surface area contributed by atoms with Crippen molar-refractivity contribution < 1.29 is 9.90 Å². The number of benzene rings is 1. The van der Waals surface area contributed by atoms with E-state index in [4.69, 9.17) is 5.11 Å². The molecule has 1 spiro atoms. The second kappa shape index (κ2) is 5.08. The maximum absolute atomic E-state index is 11.0. The van der Waals surface area contributed by atoms with Crippen molar-refractivity contribution >= 4 is 23.4 Å². The first-order valence-electron chi connectivity index (χ1n) is 6.93. The molecule has 0 radical (unpaired) electrons. The number of anilines is 1. The van der Waals surface area contributed by atoms with Crippen LogP contribution in [0.2, 0.25) is 0 Å². The zero-order valence-corrected chi connectivity index (χ0v) is 11.8. The summed E-state index contributed by atoms with van der Waals surface area (Å²) in [6.45, 7) is 0.982. The molecular formula is C15H19NO2S. The van der Waals surface area contributed by atoms with E-state index in [2.05, 4.69) is 5.32 Å². The Bertz CT molecular complexity index is 495. The molecule has 0 bridgehead atoms. The Morgan fingerprint density at radius 2 is 2.05 bits per heavy atom. The van der Waals surface area contributed by atoms with E-state index in [9.17, 15) is 4.79 Å². The van der Waals surface area contributed by atoms with Gasteiger partial charge in [0.1, 0.15) is 0 Å². The lowest BCUT2D eigenvalue weighted by Gasteiger charge is -2.35. The zero-order chi connectivity index (χ0) is 13.3. The minimum Gasteiger partial charge on any atom is -0.478 e. The number of hydrogen-bond acceptors (Lipinski definition) is 3. The minimum atomic E-state index is -0.855. The van der Waals surface area contributed by atoms with Crippen LogP contribution in [0.3, 0.4) is 0 Å². The normalized spacial score (nSPS) is 21.3. The summed E-state index contributed by atoms with van der Waals surface area (Å²) in [6, 6.07) is 5.42. The van der Waals surface area contributed by atoms with Crippen molar-refractivity contribution in [2.75, 3.05) is 17.6 Å². The third-order valence-corrected chi connectivity index (χ3v) is 5.75. The Morgan fingerprint density at radius 3 is 2.79 bits per heavy atom. The van der Waals surface area contributed by atoms with E-state index in [-0.39, 0.29) is 0 Å². The topological polar surface area (TPSA) is 49.3 Å². The summed E-state index contributed by atoms with van der Waals surface area (Å²) in [5, 5.41) is 12.6. The maximum atomic E-state index is 11.0. The molecule has 19 heavy (non-hydrogen) atoms. The molecule has 4 heteroatoms. The number of hydrogen-bond donors (Lipinski definition) is 2. The number of rotatable bonds is 1. The summed E-state index contributed by atoms with van der Waals surface area (Å²) in [6.07, 6.45) is 6.63. The van der Waals surface area contributed by atoms with Crippen LogP contribution >= 0.6 is 11.8 Å². The molecule has 1 aliphatic heterocycles. The summed E-state index contributed by atoms with van der Waals surface area (Å²) in [4.78, 5) is 12.2. The SMILES string of the molecule is O=C(O)c1ccc2c(c1)NCC1(CCCCC1)CS2. The lowest BCUT2D eigenvalue weighted by Crippen LogP contribution is -2.33. The number of aromatic carboxylic acids is 1.